The maximum Gasteiger partial charge on any atom is 0.270 e. The van der Waals surface area contributed by atoms with Crippen LogP contribution in [0.3, 0.4) is 0 Å². The van der Waals surface area contributed by atoms with Crippen LogP contribution in [0.5, 0.6) is 0 Å². The fourth-order valence-corrected chi connectivity index (χ4v) is 4.03. The number of rotatable bonds is 7. The molecule has 0 spiro atoms. The van der Waals surface area contributed by atoms with Gasteiger partial charge in [0.15, 0.2) is 5.16 Å². The van der Waals surface area contributed by atoms with Crippen molar-refractivity contribution in [2.45, 2.75) is 28.3 Å². The van der Waals surface area contributed by atoms with E-state index in [-0.39, 0.29) is 23.3 Å². The molecule has 3 aromatic rings. The van der Waals surface area contributed by atoms with E-state index >= 15 is 0 Å². The number of benzene rings is 2. The Morgan fingerprint density at radius 3 is 2.60 bits per heavy atom. The molecule has 1 fully saturated rings. The molecule has 0 unspecified atom stereocenters. The molecule has 2 aromatic carbocycles. The Morgan fingerprint density at radius 1 is 1.30 bits per heavy atom. The lowest BCUT2D eigenvalue weighted by Gasteiger charge is -2.13. The van der Waals surface area contributed by atoms with Gasteiger partial charge in [-0.3, -0.25) is 14.9 Å². The monoisotopic (exact) mass is 425 g/mol. The summed E-state index contributed by atoms with van der Waals surface area (Å²) < 4.78 is 1.70. The summed E-state index contributed by atoms with van der Waals surface area (Å²) >= 11 is 1.20. The van der Waals surface area contributed by atoms with Gasteiger partial charge in [-0.05, 0) is 48.4 Å². The topological polar surface area (TPSA) is 123 Å². The van der Waals surface area contributed by atoms with Crippen LogP contribution in [0.1, 0.15) is 28.8 Å². The van der Waals surface area contributed by atoms with Crippen molar-refractivity contribution < 1.29 is 14.8 Å². The second-order valence-electron chi connectivity index (χ2n) is 7.23. The van der Waals surface area contributed by atoms with E-state index in [9.17, 15) is 20.0 Å². The van der Waals surface area contributed by atoms with E-state index in [4.69, 9.17) is 0 Å². The minimum atomic E-state index is -0.535. The number of amides is 1. The molecule has 0 aliphatic heterocycles. The normalized spacial score (nSPS) is 14.3. The van der Waals surface area contributed by atoms with E-state index in [1.807, 2.05) is 12.1 Å². The molecule has 0 atom stereocenters. The fourth-order valence-electron chi connectivity index (χ4n) is 3.16. The Balaban J connectivity index is 1.59. The van der Waals surface area contributed by atoms with Crippen LogP contribution >= 0.6 is 11.8 Å². The number of nitro benzene ring substituents is 1. The number of aliphatic hydroxyl groups is 1. The van der Waals surface area contributed by atoms with Gasteiger partial charge in [-0.1, -0.05) is 12.1 Å². The molecule has 0 bridgehead atoms. The molecule has 9 nitrogen and oxygen atoms in total. The molecule has 1 saturated carbocycles. The maximum atomic E-state index is 12.9. The lowest BCUT2D eigenvalue weighted by atomic mass is 9.97. The molecule has 10 heteroatoms. The van der Waals surface area contributed by atoms with Crippen LogP contribution in [0.4, 0.5) is 11.4 Å². The van der Waals surface area contributed by atoms with Crippen LogP contribution in [-0.2, 0) is 12.5 Å². The summed E-state index contributed by atoms with van der Waals surface area (Å²) in [5.41, 5.74) is 1.46. The van der Waals surface area contributed by atoms with Crippen molar-refractivity contribution in [3.8, 4) is 0 Å². The van der Waals surface area contributed by atoms with E-state index in [1.54, 1.807) is 23.7 Å². The van der Waals surface area contributed by atoms with E-state index in [0.717, 1.165) is 18.4 Å². The number of carbonyl (C=O) groups is 1. The van der Waals surface area contributed by atoms with E-state index in [0.29, 0.717) is 15.7 Å². The summed E-state index contributed by atoms with van der Waals surface area (Å²) in [5.74, 6) is -0.459. The Kier molecular flexibility index (Phi) is 5.27. The molecule has 30 heavy (non-hydrogen) atoms. The van der Waals surface area contributed by atoms with Crippen molar-refractivity contribution in [1.82, 2.24) is 14.8 Å². The van der Waals surface area contributed by atoms with Crippen molar-refractivity contribution in [2.75, 3.05) is 11.9 Å². The molecule has 4 rings (SSSR count). The zero-order valence-electron chi connectivity index (χ0n) is 16.1. The standard InChI is InChI=1S/C20H19N5O4S/c1-24-12-21-23-19(24)30-17-7-6-15(25(28)29)10-16(17)18(27)22-14-4-2-13(3-5-14)20(11-26)8-9-20/h2-7,10,12,26H,8-9,11H2,1H3,(H,22,27). The lowest BCUT2D eigenvalue weighted by molar-refractivity contribution is -0.384. The van der Waals surface area contributed by atoms with Crippen molar-refractivity contribution >= 4 is 29.0 Å². The van der Waals surface area contributed by atoms with Crippen LogP contribution in [-0.4, -0.2) is 37.3 Å². The predicted molar refractivity (Wildman–Crippen MR) is 111 cm³/mol. The van der Waals surface area contributed by atoms with Crippen molar-refractivity contribution in [2.24, 2.45) is 7.05 Å². The first kappa shape index (κ1) is 20.0. The van der Waals surface area contributed by atoms with Gasteiger partial charge in [-0.25, -0.2) is 0 Å². The molecule has 1 aliphatic carbocycles. The van der Waals surface area contributed by atoms with Gasteiger partial charge in [0.05, 0.1) is 17.1 Å². The van der Waals surface area contributed by atoms with Crippen LogP contribution in [0, 0.1) is 10.1 Å². The lowest BCUT2D eigenvalue weighted by Crippen LogP contribution is -2.15. The van der Waals surface area contributed by atoms with Crippen LogP contribution in [0.2, 0.25) is 0 Å². The maximum absolute atomic E-state index is 12.9. The van der Waals surface area contributed by atoms with Gasteiger partial charge in [-0.2, -0.15) is 0 Å². The summed E-state index contributed by atoms with van der Waals surface area (Å²) in [6.07, 6.45) is 3.44. The van der Waals surface area contributed by atoms with E-state index in [2.05, 4.69) is 15.5 Å². The molecule has 1 amide bonds. The van der Waals surface area contributed by atoms with Gasteiger partial charge in [0.1, 0.15) is 6.33 Å². The number of aliphatic hydroxyl groups excluding tert-OH is 1. The van der Waals surface area contributed by atoms with Crippen molar-refractivity contribution in [3.05, 3.63) is 70.0 Å². The zero-order valence-corrected chi connectivity index (χ0v) is 16.9. The predicted octanol–water partition coefficient (Wildman–Crippen LogP) is 3.15. The number of anilines is 1. The zero-order chi connectivity index (χ0) is 21.3. The summed E-state index contributed by atoms with van der Waals surface area (Å²) in [6, 6.07) is 11.5. The quantitative estimate of drug-likeness (QED) is 0.440. The Labute approximate surface area is 176 Å². The molecular weight excluding hydrogens is 406 g/mol. The van der Waals surface area contributed by atoms with Crippen LogP contribution in [0.15, 0.2) is 58.8 Å². The minimum Gasteiger partial charge on any atom is -0.395 e. The number of nitro groups is 1. The molecule has 2 N–H and O–H groups in total. The van der Waals surface area contributed by atoms with Gasteiger partial charge in [-0.15, -0.1) is 10.2 Å². The Bertz CT molecular complexity index is 1110. The third kappa shape index (κ3) is 3.91. The highest BCUT2D eigenvalue weighted by atomic mass is 32.2. The van der Waals surface area contributed by atoms with Crippen molar-refractivity contribution in [3.63, 3.8) is 0 Å². The second-order valence-corrected chi connectivity index (χ2v) is 8.24. The van der Waals surface area contributed by atoms with E-state index < -0.39 is 10.8 Å². The molecule has 0 radical (unpaired) electrons. The minimum absolute atomic E-state index is 0.106. The number of hydrogen-bond acceptors (Lipinski definition) is 7. The average molecular weight is 425 g/mol. The Hall–Kier alpha value is -3.24. The van der Waals surface area contributed by atoms with Crippen LogP contribution in [0.25, 0.3) is 0 Å². The summed E-state index contributed by atoms with van der Waals surface area (Å²) in [7, 11) is 1.77. The van der Waals surface area contributed by atoms with Gasteiger partial charge in [0.2, 0.25) is 0 Å². The SMILES string of the molecule is Cn1cnnc1Sc1ccc([N+](=O)[O-])cc1C(=O)Nc1ccc(C2(CO)CC2)cc1. The number of aryl methyl sites for hydroxylation is 1. The van der Waals surface area contributed by atoms with E-state index in [1.165, 1.54) is 36.3 Å². The Morgan fingerprint density at radius 2 is 2.03 bits per heavy atom. The number of hydrogen-bond donors (Lipinski definition) is 2. The highest BCUT2D eigenvalue weighted by Gasteiger charge is 2.43. The number of nitrogens with zero attached hydrogens (tertiary/aromatic N) is 4. The summed E-state index contributed by atoms with van der Waals surface area (Å²) in [4.78, 5) is 24.1. The first-order valence-electron chi connectivity index (χ1n) is 9.25. The molecule has 0 saturated heterocycles. The molecule has 1 aromatic heterocycles. The molecule has 1 heterocycles. The number of non-ortho nitro benzene ring substituents is 1. The fraction of sp³-hybridized carbons (Fsp3) is 0.250. The van der Waals surface area contributed by atoms with Gasteiger partial charge in [0, 0.05) is 35.2 Å². The number of aromatic nitrogens is 3. The third-order valence-electron chi connectivity index (χ3n) is 5.20. The summed E-state index contributed by atoms with van der Waals surface area (Å²) in [6.45, 7) is 0.106. The smallest absolute Gasteiger partial charge is 0.270 e. The highest BCUT2D eigenvalue weighted by molar-refractivity contribution is 7.99. The average Bonchev–Trinajstić information content (AvgIpc) is 3.45. The van der Waals surface area contributed by atoms with Gasteiger partial charge in [0.25, 0.3) is 11.6 Å². The second kappa shape index (κ2) is 7.88. The largest absolute Gasteiger partial charge is 0.395 e. The number of nitrogens with one attached hydrogen (secondary N) is 1. The van der Waals surface area contributed by atoms with Crippen LogP contribution < -0.4 is 5.32 Å². The number of carbonyl (C=O) groups excluding carboxylic acids is 1. The molecule has 154 valence electrons. The van der Waals surface area contributed by atoms with Gasteiger partial charge < -0.3 is 15.0 Å². The first-order chi connectivity index (χ1) is 14.4. The third-order valence-corrected chi connectivity index (χ3v) is 6.33. The van der Waals surface area contributed by atoms with Crippen molar-refractivity contribution in [1.29, 1.82) is 0 Å². The summed E-state index contributed by atoms with van der Waals surface area (Å²) in [5, 5.41) is 31.9. The molecular formula is C20H19N5O4S. The first-order valence-corrected chi connectivity index (χ1v) is 10.1. The molecule has 1 aliphatic rings. The van der Waals surface area contributed by atoms with Gasteiger partial charge >= 0.3 is 0 Å². The highest BCUT2D eigenvalue weighted by Crippen LogP contribution is 2.47.